The number of cyclic esters (lactones) is 2. The lowest BCUT2D eigenvalue weighted by molar-refractivity contribution is -0.395. The van der Waals surface area contributed by atoms with Crippen molar-refractivity contribution < 1.29 is 45.7 Å². The zero-order valence-electron chi connectivity index (χ0n) is 10.1. The van der Waals surface area contributed by atoms with E-state index < -0.39 is 10.4 Å². The average molecular weight is 296 g/mol. The first kappa shape index (κ1) is 17.2. The predicted molar refractivity (Wildman–Crippen MR) is 57.7 cm³/mol. The Morgan fingerprint density at radius 2 is 1.26 bits per heavy atom. The highest BCUT2D eigenvalue weighted by atomic mass is 32.3. The minimum Gasteiger partial charge on any atom is -0.759 e. The van der Waals surface area contributed by atoms with E-state index in [0.29, 0.717) is 13.2 Å². The third-order valence-corrected chi connectivity index (χ3v) is 1.69. The second-order valence-corrected chi connectivity index (χ2v) is 3.97. The van der Waals surface area contributed by atoms with Gasteiger partial charge in [0.2, 0.25) is 0 Å². The van der Waals surface area contributed by atoms with Gasteiger partial charge in [0.05, 0.1) is 0 Å². The molecule has 0 saturated heterocycles. The maximum Gasteiger partial charge on any atom is 0.596 e. The van der Waals surface area contributed by atoms with E-state index in [2.05, 4.69) is 9.47 Å². The molecule has 0 bridgehead atoms. The van der Waals surface area contributed by atoms with Gasteiger partial charge >= 0.3 is 12.2 Å². The summed E-state index contributed by atoms with van der Waals surface area (Å²) in [4.78, 5) is 20.5. The molecule has 10 nitrogen and oxygen atoms in total. The van der Waals surface area contributed by atoms with Gasteiger partial charge in [-0.1, -0.05) is 0 Å². The van der Waals surface area contributed by atoms with Crippen LogP contribution in [0.25, 0.3) is 0 Å². The van der Waals surface area contributed by atoms with Gasteiger partial charge in [-0.15, -0.1) is 9.15 Å². The molecule has 2 aliphatic heterocycles. The zero-order valence-corrected chi connectivity index (χ0v) is 11.0. The Balaban J connectivity index is 0.000000261. The maximum atomic E-state index is 10.2. The van der Waals surface area contributed by atoms with Gasteiger partial charge in [0, 0.05) is 10.4 Å². The van der Waals surface area contributed by atoms with Gasteiger partial charge in [-0.25, -0.2) is 0 Å². The van der Waals surface area contributed by atoms with Crippen LogP contribution in [0, 0.1) is 0 Å². The van der Waals surface area contributed by atoms with Crippen LogP contribution in [0.3, 0.4) is 0 Å². The quantitative estimate of drug-likeness (QED) is 0.294. The molecular weight excluding hydrogens is 284 g/mol. The summed E-state index contributed by atoms with van der Waals surface area (Å²) in [6.45, 7) is 0.852. The Morgan fingerprint density at radius 3 is 1.32 bits per heavy atom. The number of ether oxygens (including phenoxy) is 2. The fraction of sp³-hybridized carbons (Fsp3) is 0.500. The van der Waals surface area contributed by atoms with Gasteiger partial charge in [0.25, 0.3) is 0 Å². The molecule has 2 rings (SSSR count). The normalized spacial score (nSPS) is 17.1. The SMILES string of the molecule is C[N+]1=CCOC1=O.C[N+]1=CCOC1=O.O=S(=O)([O-])[O-]. The third kappa shape index (κ3) is 9.82. The van der Waals surface area contributed by atoms with Crippen LogP contribution in [0.5, 0.6) is 0 Å². The number of rotatable bonds is 0. The lowest BCUT2D eigenvalue weighted by Gasteiger charge is -2.06. The average Bonchev–Trinajstić information content (AvgIpc) is 2.77. The summed E-state index contributed by atoms with van der Waals surface area (Å²) in [6, 6.07) is 0. The van der Waals surface area contributed by atoms with Gasteiger partial charge in [-0.2, -0.15) is 9.59 Å². The van der Waals surface area contributed by atoms with Crippen LogP contribution in [-0.4, -0.2) is 78.6 Å². The van der Waals surface area contributed by atoms with Gasteiger partial charge < -0.3 is 18.6 Å². The van der Waals surface area contributed by atoms with E-state index in [1.807, 2.05) is 0 Å². The highest BCUT2D eigenvalue weighted by Gasteiger charge is 2.20. The molecule has 0 aromatic rings. The third-order valence-electron chi connectivity index (χ3n) is 1.69. The molecule has 0 aromatic carbocycles. The minimum absolute atomic E-state index is 0.264. The molecule has 0 atom stereocenters. The minimum atomic E-state index is -5.17. The number of carbonyl (C=O) groups excluding carboxylic acids is 2. The molecule has 11 heteroatoms. The summed E-state index contributed by atoms with van der Waals surface area (Å²) < 4.78 is 45.9. The molecule has 0 aliphatic carbocycles. The van der Waals surface area contributed by atoms with Crippen molar-refractivity contribution in [2.45, 2.75) is 0 Å². The van der Waals surface area contributed by atoms with Crippen molar-refractivity contribution in [1.29, 1.82) is 0 Å². The summed E-state index contributed by atoms with van der Waals surface area (Å²) in [5.41, 5.74) is 0. The van der Waals surface area contributed by atoms with E-state index in [1.54, 1.807) is 26.5 Å². The number of carbonyl (C=O) groups is 2. The van der Waals surface area contributed by atoms with Crippen molar-refractivity contribution >= 4 is 35.0 Å². The Kier molecular flexibility index (Phi) is 6.82. The summed E-state index contributed by atoms with van der Waals surface area (Å²) in [5, 5.41) is 0. The molecule has 0 fully saturated rings. The van der Waals surface area contributed by atoms with Gasteiger partial charge in [-0.05, 0) is 0 Å². The van der Waals surface area contributed by atoms with E-state index in [9.17, 15) is 9.59 Å². The topological polar surface area (TPSA) is 139 Å². The summed E-state index contributed by atoms with van der Waals surface area (Å²) >= 11 is 0. The van der Waals surface area contributed by atoms with Gasteiger partial charge in [-0.3, -0.25) is 8.42 Å². The Labute approximate surface area is 109 Å². The molecular formula is C8H12N2O8S. The van der Waals surface area contributed by atoms with Crippen LogP contribution < -0.4 is 0 Å². The second kappa shape index (κ2) is 7.56. The molecule has 2 amide bonds. The molecule has 0 aromatic heterocycles. The molecule has 0 spiro atoms. The summed E-state index contributed by atoms with van der Waals surface area (Å²) in [5.74, 6) is 0. The summed E-state index contributed by atoms with van der Waals surface area (Å²) in [6.07, 6.45) is 2.84. The molecule has 2 aliphatic rings. The van der Waals surface area contributed by atoms with Crippen LogP contribution in [0.4, 0.5) is 9.59 Å². The lowest BCUT2D eigenvalue weighted by Crippen LogP contribution is -2.07. The highest BCUT2D eigenvalue weighted by molar-refractivity contribution is 7.79. The Hall–Kier alpha value is -1.85. The van der Waals surface area contributed by atoms with Crippen LogP contribution in [-0.2, 0) is 19.9 Å². The van der Waals surface area contributed by atoms with Crippen LogP contribution >= 0.6 is 0 Å². The predicted octanol–water partition coefficient (Wildman–Crippen LogP) is -1.64. The first-order chi connectivity index (χ1) is 8.61. The van der Waals surface area contributed by atoms with Crippen molar-refractivity contribution in [1.82, 2.24) is 0 Å². The van der Waals surface area contributed by atoms with Crippen molar-refractivity contribution in [3.63, 3.8) is 0 Å². The Morgan fingerprint density at radius 1 is 1.00 bits per heavy atom. The van der Waals surface area contributed by atoms with Crippen LogP contribution in [0.2, 0.25) is 0 Å². The summed E-state index contributed by atoms with van der Waals surface area (Å²) in [7, 11) is -1.84. The van der Waals surface area contributed by atoms with Gasteiger partial charge in [0.15, 0.2) is 25.6 Å². The highest BCUT2D eigenvalue weighted by Crippen LogP contribution is 1.86. The molecule has 0 radical (unpaired) electrons. The van der Waals surface area contributed by atoms with Crippen molar-refractivity contribution in [2.75, 3.05) is 27.3 Å². The second-order valence-electron chi connectivity index (χ2n) is 3.15. The molecule has 108 valence electrons. The number of nitrogens with zero attached hydrogens (tertiary/aromatic N) is 2. The monoisotopic (exact) mass is 296 g/mol. The number of hydrogen-bond donors (Lipinski definition) is 0. The molecule has 0 N–H and O–H groups in total. The number of amides is 2. The lowest BCUT2D eigenvalue weighted by atomic mass is 10.8. The largest absolute Gasteiger partial charge is 0.759 e. The fourth-order valence-corrected chi connectivity index (χ4v) is 0.793. The standard InChI is InChI=1S/2C4H6NO2.H2O4S/c2*1-5-2-3-7-4(5)6;1-5(2,3)4/h2*2H,3H2,1H3;(H2,1,2,3,4)/q2*+1;/p-2. The molecule has 2 heterocycles. The molecule has 0 unspecified atom stereocenters. The first-order valence-electron chi connectivity index (χ1n) is 4.74. The Bertz CT molecular complexity index is 467. The van der Waals surface area contributed by atoms with Gasteiger partial charge in [0.1, 0.15) is 14.1 Å². The maximum absolute atomic E-state index is 10.2. The van der Waals surface area contributed by atoms with E-state index in [1.165, 1.54) is 9.15 Å². The van der Waals surface area contributed by atoms with Crippen molar-refractivity contribution in [2.24, 2.45) is 0 Å². The number of hydrogen-bond acceptors (Lipinski definition) is 8. The van der Waals surface area contributed by atoms with E-state index >= 15 is 0 Å². The zero-order chi connectivity index (χ0) is 15.1. The fourth-order valence-electron chi connectivity index (χ4n) is 0.793. The van der Waals surface area contributed by atoms with E-state index in [-0.39, 0.29) is 12.2 Å². The first-order valence-corrected chi connectivity index (χ1v) is 6.07. The van der Waals surface area contributed by atoms with Crippen molar-refractivity contribution in [3.05, 3.63) is 0 Å². The van der Waals surface area contributed by atoms with Crippen LogP contribution in [0.1, 0.15) is 0 Å². The van der Waals surface area contributed by atoms with Crippen LogP contribution in [0.15, 0.2) is 0 Å². The molecule has 0 saturated carbocycles. The van der Waals surface area contributed by atoms with E-state index in [4.69, 9.17) is 17.5 Å². The molecule has 19 heavy (non-hydrogen) atoms. The van der Waals surface area contributed by atoms with Crippen molar-refractivity contribution in [3.8, 4) is 0 Å². The smallest absolute Gasteiger partial charge is 0.596 e. The van der Waals surface area contributed by atoms with E-state index in [0.717, 1.165) is 0 Å².